The van der Waals surface area contributed by atoms with Crippen LogP contribution in [0.15, 0.2) is 11.8 Å². The Hall–Kier alpha value is -0.790. The Kier molecular flexibility index (Phi) is 2.13. The van der Waals surface area contributed by atoms with Gasteiger partial charge in [-0.1, -0.05) is 0 Å². The van der Waals surface area contributed by atoms with Crippen LogP contribution in [0.5, 0.6) is 0 Å². The third-order valence-corrected chi connectivity index (χ3v) is 0.262. The summed E-state index contributed by atoms with van der Waals surface area (Å²) in [5.74, 6) is -0.259. The zero-order valence-corrected chi connectivity index (χ0v) is 3.39. The van der Waals surface area contributed by atoms with Crippen molar-refractivity contribution in [2.75, 3.05) is 0 Å². The fourth-order valence-electron chi connectivity index (χ4n) is 0.0830. The molecule has 0 rings (SSSR count). The summed E-state index contributed by atoms with van der Waals surface area (Å²) < 4.78 is 0. The molecule has 6 heavy (non-hydrogen) atoms. The van der Waals surface area contributed by atoms with Gasteiger partial charge >= 0.3 is 0 Å². The van der Waals surface area contributed by atoms with Gasteiger partial charge in [0.2, 0.25) is 0 Å². The second kappa shape index (κ2) is 2.45. The van der Waals surface area contributed by atoms with E-state index in [2.05, 4.69) is 0 Å². The van der Waals surface area contributed by atoms with Crippen molar-refractivity contribution in [2.45, 2.75) is 6.92 Å². The molecule has 0 aromatic rings. The Morgan fingerprint density at radius 3 is 2.50 bits per heavy atom. The van der Waals surface area contributed by atoms with Crippen LogP contribution in [0, 0.1) is 0 Å². The zero-order chi connectivity index (χ0) is 4.99. The molecule has 0 fully saturated rings. The predicted molar refractivity (Wildman–Crippen MR) is 19.5 cm³/mol. The fourth-order valence-corrected chi connectivity index (χ4v) is 0.0830. The maximum Gasteiger partial charge on any atom is -0.0156 e. The van der Waals surface area contributed by atoms with Crippen molar-refractivity contribution in [2.24, 2.45) is 0 Å². The third-order valence-electron chi connectivity index (χ3n) is 0.262. The Labute approximate surface area is 36.1 Å². The summed E-state index contributed by atoms with van der Waals surface area (Å²) in [6.07, 6.45) is 2.19. The highest BCUT2D eigenvalue weighted by molar-refractivity contribution is 5.65. The van der Waals surface area contributed by atoms with E-state index in [9.17, 15) is 9.90 Å². The molecule has 0 aliphatic carbocycles. The molecule has 34 valence electrons. The highest BCUT2D eigenvalue weighted by atomic mass is 16.3. The van der Waals surface area contributed by atoms with Gasteiger partial charge < -0.3 is 15.7 Å². The summed E-state index contributed by atoms with van der Waals surface area (Å²) in [5.41, 5.74) is 0. The Morgan fingerprint density at radius 1 is 2.00 bits per heavy atom. The molecule has 0 heterocycles. The standard InChI is InChI=1S/C4H5O2/c1-4(6)2-3-5/h2,6H,1H3/q-1/p-1. The molecule has 0 bridgehead atoms. The Balaban J connectivity index is 3.41. The summed E-state index contributed by atoms with van der Waals surface area (Å²) in [4.78, 5) is 9.21. The van der Waals surface area contributed by atoms with Crippen LogP contribution in [0.3, 0.4) is 0 Å². The van der Waals surface area contributed by atoms with Crippen molar-refractivity contribution in [3.8, 4) is 0 Å². The Morgan fingerprint density at radius 2 is 2.50 bits per heavy atom. The molecule has 0 radical (unpaired) electrons. The van der Waals surface area contributed by atoms with Gasteiger partial charge in [-0.25, -0.2) is 6.08 Å². The van der Waals surface area contributed by atoms with Crippen molar-refractivity contribution in [3.05, 3.63) is 11.8 Å². The largest absolute Gasteiger partial charge is 0.957 e. The minimum absolute atomic E-state index is 0.259. The molecule has 0 saturated carbocycles. The molecule has 0 saturated heterocycles. The fraction of sp³-hybridized carbons (Fsp3) is 0.250. The van der Waals surface area contributed by atoms with Gasteiger partial charge in [-0.15, -0.1) is 6.92 Å². The molecule has 0 N–H and O–H groups in total. The summed E-state index contributed by atoms with van der Waals surface area (Å²) in [6.45, 7) is 1.30. The lowest BCUT2D eigenvalue weighted by molar-refractivity contribution is -0.301. The predicted octanol–water partition coefficient (Wildman–Crippen LogP) is -0.640. The van der Waals surface area contributed by atoms with Gasteiger partial charge in [0.05, 0.1) is 0 Å². The van der Waals surface area contributed by atoms with Crippen LogP contribution in [0.2, 0.25) is 0 Å². The van der Waals surface area contributed by atoms with Gasteiger partial charge in [0.15, 0.2) is 0 Å². The number of hydrogen-bond acceptors (Lipinski definition) is 2. The zero-order valence-electron chi connectivity index (χ0n) is 3.39. The highest BCUT2D eigenvalue weighted by Crippen LogP contribution is 1.69. The minimum atomic E-state index is -0.259. The number of carbonyl (C=O) groups excluding carboxylic acids is 1. The molecule has 0 aliphatic heterocycles. The molecule has 0 aliphatic rings. The first kappa shape index (κ1) is 5.21. The van der Waals surface area contributed by atoms with Gasteiger partial charge in [-0.2, -0.15) is 0 Å². The summed E-state index contributed by atoms with van der Waals surface area (Å²) in [6, 6.07) is 0. The van der Waals surface area contributed by atoms with Gasteiger partial charge in [-0.05, 0) is 6.29 Å². The van der Waals surface area contributed by atoms with E-state index in [1.54, 1.807) is 0 Å². The van der Waals surface area contributed by atoms with Gasteiger partial charge in [0.1, 0.15) is 0 Å². The molecule has 0 aromatic heterocycles. The summed E-state index contributed by atoms with van der Waals surface area (Å²) in [5, 5.41) is 9.73. The normalized spacial score (nSPS) is 11.2. The highest BCUT2D eigenvalue weighted by Gasteiger charge is 1.42. The van der Waals surface area contributed by atoms with E-state index in [1.807, 2.05) is 0 Å². The first-order valence-electron chi connectivity index (χ1n) is 1.49. The minimum Gasteiger partial charge on any atom is -0.957 e. The molecule has 0 amide bonds. The van der Waals surface area contributed by atoms with Gasteiger partial charge in [0, 0.05) is 0 Å². The number of hydrogen-bond donors (Lipinski definition) is 0. The third kappa shape index (κ3) is 3.21. The molecule has 2 heteroatoms. The summed E-state index contributed by atoms with van der Waals surface area (Å²) in [7, 11) is 0. The second-order valence-corrected chi connectivity index (χ2v) is 0.873. The molecule has 0 atom stereocenters. The molecule has 0 spiro atoms. The monoisotopic (exact) mass is 84.0 g/mol. The van der Waals surface area contributed by atoms with Crippen LogP contribution in [-0.4, -0.2) is 6.29 Å². The second-order valence-electron chi connectivity index (χ2n) is 0.873. The molecular weight excluding hydrogens is 80.0 g/mol. The van der Waals surface area contributed by atoms with Crippen molar-refractivity contribution < 1.29 is 9.90 Å². The summed E-state index contributed by atoms with van der Waals surface area (Å²) >= 11 is 0. The van der Waals surface area contributed by atoms with E-state index < -0.39 is 0 Å². The Bertz CT molecular complexity index is 69.6. The number of allylic oxidation sites excluding steroid dienone is 2. The molecule has 2 nitrogen and oxygen atoms in total. The van der Waals surface area contributed by atoms with Crippen molar-refractivity contribution in [3.63, 3.8) is 0 Å². The van der Waals surface area contributed by atoms with Crippen molar-refractivity contribution >= 4 is 6.29 Å². The first-order valence-corrected chi connectivity index (χ1v) is 1.49. The SMILES string of the molecule is CC([O-])=C[C-]=O. The number of rotatable bonds is 1. The quantitative estimate of drug-likeness (QED) is 0.241. The molecule has 0 aromatic carbocycles. The van der Waals surface area contributed by atoms with Crippen LogP contribution in [-0.2, 0) is 4.79 Å². The van der Waals surface area contributed by atoms with Crippen LogP contribution in [0.25, 0.3) is 0 Å². The lowest BCUT2D eigenvalue weighted by atomic mass is 10.5. The van der Waals surface area contributed by atoms with E-state index in [4.69, 9.17) is 0 Å². The van der Waals surface area contributed by atoms with Crippen molar-refractivity contribution in [1.29, 1.82) is 0 Å². The lowest BCUT2D eigenvalue weighted by Crippen LogP contribution is -1.96. The maximum absolute atomic E-state index is 9.73. The maximum atomic E-state index is 9.73. The van der Waals surface area contributed by atoms with E-state index in [1.165, 1.54) is 13.2 Å². The van der Waals surface area contributed by atoms with Gasteiger partial charge in [0.25, 0.3) is 0 Å². The molecular formula is C4H4O2-2. The lowest BCUT2D eigenvalue weighted by Gasteiger charge is -2.09. The van der Waals surface area contributed by atoms with Crippen LogP contribution < -0.4 is 5.11 Å². The van der Waals surface area contributed by atoms with Gasteiger partial charge in [-0.3, -0.25) is 0 Å². The van der Waals surface area contributed by atoms with Crippen molar-refractivity contribution in [1.82, 2.24) is 0 Å². The van der Waals surface area contributed by atoms with E-state index in [-0.39, 0.29) is 5.76 Å². The van der Waals surface area contributed by atoms with Crippen LogP contribution >= 0.6 is 0 Å². The molecule has 0 unspecified atom stereocenters. The van der Waals surface area contributed by atoms with Crippen LogP contribution in [0.1, 0.15) is 6.92 Å². The van der Waals surface area contributed by atoms with Crippen LogP contribution in [0.4, 0.5) is 0 Å². The van der Waals surface area contributed by atoms with E-state index in [0.717, 1.165) is 6.08 Å². The van der Waals surface area contributed by atoms with E-state index in [0.29, 0.717) is 0 Å². The van der Waals surface area contributed by atoms with E-state index >= 15 is 0 Å². The topological polar surface area (TPSA) is 40.1 Å². The average molecular weight is 84.1 g/mol. The average Bonchev–Trinajstić information content (AvgIpc) is 1.35. The first-order chi connectivity index (χ1) is 2.77. The smallest absolute Gasteiger partial charge is 0.0156 e.